The van der Waals surface area contributed by atoms with E-state index in [1.54, 1.807) is 23.3 Å². The zero-order valence-electron chi connectivity index (χ0n) is 14.9. The van der Waals surface area contributed by atoms with Gasteiger partial charge in [-0.2, -0.15) is 0 Å². The van der Waals surface area contributed by atoms with Gasteiger partial charge in [-0.15, -0.1) is 6.58 Å². The quantitative estimate of drug-likeness (QED) is 0.796. The Hall–Kier alpha value is -2.08. The first-order chi connectivity index (χ1) is 11.9. The van der Waals surface area contributed by atoms with E-state index in [2.05, 4.69) is 6.58 Å². The van der Waals surface area contributed by atoms with E-state index in [0.29, 0.717) is 24.5 Å². The van der Waals surface area contributed by atoms with Crippen molar-refractivity contribution in [1.29, 1.82) is 0 Å². The van der Waals surface area contributed by atoms with Crippen molar-refractivity contribution < 1.29 is 19.4 Å². The van der Waals surface area contributed by atoms with Gasteiger partial charge in [0.25, 0.3) is 5.91 Å². The van der Waals surface area contributed by atoms with Crippen LogP contribution in [-0.4, -0.2) is 58.2 Å². The van der Waals surface area contributed by atoms with Crippen LogP contribution in [0.5, 0.6) is 0 Å². The van der Waals surface area contributed by atoms with Crippen molar-refractivity contribution in [3.8, 4) is 0 Å². The number of aliphatic hydroxyl groups is 1. The maximum atomic E-state index is 13.0. The van der Waals surface area contributed by atoms with Crippen LogP contribution in [0.4, 0.5) is 4.79 Å². The summed E-state index contributed by atoms with van der Waals surface area (Å²) in [6, 6.07) is -0.353. The Bertz CT molecular complexity index is 637. The summed E-state index contributed by atoms with van der Waals surface area (Å²) in [6.45, 7) is 6.16. The number of nitrogens with zero attached hydrogens (tertiary/aromatic N) is 2. The van der Waals surface area contributed by atoms with E-state index in [1.165, 1.54) is 12.0 Å². The molecule has 1 aliphatic carbocycles. The number of rotatable bonds is 3. The van der Waals surface area contributed by atoms with Gasteiger partial charge in [-0.05, 0) is 44.6 Å². The Kier molecular flexibility index (Phi) is 4.73. The molecule has 6 heteroatoms. The number of amides is 2. The van der Waals surface area contributed by atoms with Gasteiger partial charge in [0.05, 0.1) is 30.4 Å². The summed E-state index contributed by atoms with van der Waals surface area (Å²) in [5, 5.41) is 10.6. The zero-order valence-corrected chi connectivity index (χ0v) is 14.9. The fourth-order valence-electron chi connectivity index (χ4n) is 4.40. The predicted octanol–water partition coefficient (Wildman–Crippen LogP) is 2.22. The van der Waals surface area contributed by atoms with Gasteiger partial charge in [-0.25, -0.2) is 4.79 Å². The van der Waals surface area contributed by atoms with Crippen LogP contribution in [0, 0.1) is 5.92 Å². The highest BCUT2D eigenvalue weighted by molar-refractivity contribution is 5.97. The molecule has 3 rings (SSSR count). The Balaban J connectivity index is 1.83. The van der Waals surface area contributed by atoms with E-state index in [9.17, 15) is 14.7 Å². The van der Waals surface area contributed by atoms with Gasteiger partial charge in [0.15, 0.2) is 0 Å². The summed E-state index contributed by atoms with van der Waals surface area (Å²) in [5.74, 6) is 0.217. The summed E-state index contributed by atoms with van der Waals surface area (Å²) >= 11 is 0. The zero-order chi connectivity index (χ0) is 18.2. The smallest absolute Gasteiger partial charge is 0.414 e. The van der Waals surface area contributed by atoms with Crippen molar-refractivity contribution in [3.05, 3.63) is 36.6 Å². The van der Waals surface area contributed by atoms with Crippen LogP contribution in [0.3, 0.4) is 0 Å². The molecule has 0 radical (unpaired) electrons. The molecule has 1 N–H and O–H groups in total. The van der Waals surface area contributed by atoms with Crippen LogP contribution in [0.1, 0.15) is 32.6 Å². The van der Waals surface area contributed by atoms with Gasteiger partial charge in [-0.1, -0.05) is 12.2 Å². The van der Waals surface area contributed by atoms with Crippen molar-refractivity contribution in [2.75, 3.05) is 13.7 Å². The molecule has 2 fully saturated rings. The van der Waals surface area contributed by atoms with Crippen LogP contribution in [0.15, 0.2) is 36.6 Å². The highest BCUT2D eigenvalue weighted by Gasteiger charge is 2.52. The number of methoxy groups -OCH3 is 1. The summed E-state index contributed by atoms with van der Waals surface area (Å²) in [5.41, 5.74) is -0.405. The number of hydrogen-bond acceptors (Lipinski definition) is 4. The average molecular weight is 346 g/mol. The van der Waals surface area contributed by atoms with Gasteiger partial charge in [0.2, 0.25) is 0 Å². The van der Waals surface area contributed by atoms with E-state index in [0.717, 1.165) is 19.3 Å². The largest absolute Gasteiger partial charge is 0.452 e. The number of fused-ring (bicyclic) bond motifs is 1. The normalized spacial score (nSPS) is 33.9. The molecule has 2 heterocycles. The molecule has 0 spiro atoms. The molecule has 25 heavy (non-hydrogen) atoms. The first-order valence-corrected chi connectivity index (χ1v) is 8.79. The lowest BCUT2D eigenvalue weighted by atomic mass is 9.95. The third kappa shape index (κ3) is 3.11. The summed E-state index contributed by atoms with van der Waals surface area (Å²) in [4.78, 5) is 28.3. The highest BCUT2D eigenvalue weighted by Crippen LogP contribution is 2.44. The monoisotopic (exact) mass is 346 g/mol. The van der Waals surface area contributed by atoms with Gasteiger partial charge in [0.1, 0.15) is 0 Å². The highest BCUT2D eigenvalue weighted by atomic mass is 16.5. The van der Waals surface area contributed by atoms with Gasteiger partial charge in [-0.3, -0.25) is 9.69 Å². The van der Waals surface area contributed by atoms with Gasteiger partial charge >= 0.3 is 6.09 Å². The van der Waals surface area contributed by atoms with Crippen LogP contribution >= 0.6 is 0 Å². The van der Waals surface area contributed by atoms with Gasteiger partial charge < -0.3 is 14.7 Å². The fourth-order valence-corrected chi connectivity index (χ4v) is 4.40. The first-order valence-electron chi connectivity index (χ1n) is 8.79. The molecule has 1 saturated heterocycles. The van der Waals surface area contributed by atoms with E-state index in [1.807, 2.05) is 13.0 Å². The second kappa shape index (κ2) is 6.67. The van der Waals surface area contributed by atoms with Crippen LogP contribution in [0.2, 0.25) is 0 Å². The molecule has 6 nitrogen and oxygen atoms in total. The molecule has 136 valence electrons. The molecule has 3 aliphatic rings. The molecule has 1 saturated carbocycles. The van der Waals surface area contributed by atoms with Gasteiger partial charge in [0, 0.05) is 12.7 Å². The summed E-state index contributed by atoms with van der Waals surface area (Å²) in [6.07, 6.45) is 9.53. The number of hydrogen-bond donors (Lipinski definition) is 1. The molecular weight excluding hydrogens is 320 g/mol. The van der Waals surface area contributed by atoms with Crippen molar-refractivity contribution in [2.24, 2.45) is 5.92 Å². The molecule has 0 aromatic heterocycles. The van der Waals surface area contributed by atoms with E-state index in [-0.39, 0.29) is 18.0 Å². The standard InChI is InChI=1S/C19H26N2O4/c1-4-5-15-7-6-14(12-21(15)18(23)25-3)17(22)20-11-9-13-8-10-19(2,24)16(13)20/h4,6-7,12-13,15-16,24H,1,5,8-11H2,2-3H3/t13-,15?,16+,19-/m1/s1. The van der Waals surface area contributed by atoms with Crippen LogP contribution in [-0.2, 0) is 9.53 Å². The third-order valence-electron chi connectivity index (χ3n) is 5.62. The number of carbonyl (C=O) groups is 2. The lowest BCUT2D eigenvalue weighted by molar-refractivity contribution is -0.132. The molecule has 0 aromatic rings. The van der Waals surface area contributed by atoms with E-state index in [4.69, 9.17) is 4.74 Å². The lowest BCUT2D eigenvalue weighted by Crippen LogP contribution is -2.49. The Labute approximate surface area is 148 Å². The first kappa shape index (κ1) is 17.7. The molecule has 1 unspecified atom stereocenters. The molecule has 0 bridgehead atoms. The summed E-state index contributed by atoms with van der Waals surface area (Å²) in [7, 11) is 1.32. The molecule has 4 atom stereocenters. The van der Waals surface area contributed by atoms with Crippen molar-refractivity contribution in [3.63, 3.8) is 0 Å². The van der Waals surface area contributed by atoms with Crippen molar-refractivity contribution in [1.82, 2.24) is 9.80 Å². The SMILES string of the molecule is C=CCC1C=CC(C(=O)N2CC[C@H]3CC[C@@](C)(O)[C@H]32)=CN1C(=O)OC. The Morgan fingerprint density at radius 2 is 2.24 bits per heavy atom. The molecular formula is C19H26N2O4. The van der Waals surface area contributed by atoms with E-state index >= 15 is 0 Å². The Morgan fingerprint density at radius 3 is 2.92 bits per heavy atom. The molecule has 2 amide bonds. The van der Waals surface area contributed by atoms with Crippen molar-refractivity contribution >= 4 is 12.0 Å². The van der Waals surface area contributed by atoms with Crippen LogP contribution < -0.4 is 0 Å². The minimum absolute atomic E-state index is 0.142. The number of ether oxygens (including phenoxy) is 1. The minimum atomic E-state index is -0.844. The summed E-state index contributed by atoms with van der Waals surface area (Å²) < 4.78 is 4.83. The predicted molar refractivity (Wildman–Crippen MR) is 93.5 cm³/mol. The lowest BCUT2D eigenvalue weighted by Gasteiger charge is -2.35. The number of likely N-dealkylation sites (tertiary alicyclic amines) is 1. The topological polar surface area (TPSA) is 70.1 Å². The van der Waals surface area contributed by atoms with Crippen molar-refractivity contribution in [2.45, 2.75) is 50.3 Å². The second-order valence-corrected chi connectivity index (χ2v) is 7.30. The maximum Gasteiger partial charge on any atom is 0.414 e. The fraction of sp³-hybridized carbons (Fsp3) is 0.579. The third-order valence-corrected chi connectivity index (χ3v) is 5.62. The average Bonchev–Trinajstić information content (AvgIpc) is 3.16. The molecule has 0 aromatic carbocycles. The van der Waals surface area contributed by atoms with E-state index < -0.39 is 11.7 Å². The second-order valence-electron chi connectivity index (χ2n) is 7.30. The minimum Gasteiger partial charge on any atom is -0.452 e. The molecule has 2 aliphatic heterocycles. The Morgan fingerprint density at radius 1 is 1.48 bits per heavy atom. The maximum absolute atomic E-state index is 13.0. The van der Waals surface area contributed by atoms with Crippen LogP contribution in [0.25, 0.3) is 0 Å². The number of carbonyl (C=O) groups excluding carboxylic acids is 2.